The number of piperazine rings is 1. The molecule has 3 aromatic carbocycles. The topological polar surface area (TPSA) is 41.4 Å². The zero-order chi connectivity index (χ0) is 23.7. The average molecular weight is 497 g/mol. The van der Waals surface area contributed by atoms with Crippen LogP contribution in [0.5, 0.6) is 0 Å². The zero-order valence-electron chi connectivity index (χ0n) is 18.4. The van der Waals surface area contributed by atoms with E-state index in [1.165, 1.54) is 6.07 Å². The second kappa shape index (κ2) is 9.65. The third-order valence-corrected chi connectivity index (χ3v) is 6.96. The van der Waals surface area contributed by atoms with E-state index < -0.39 is 0 Å². The lowest BCUT2D eigenvalue weighted by Gasteiger charge is -2.36. The van der Waals surface area contributed by atoms with Gasteiger partial charge in [-0.05, 0) is 42.0 Å². The van der Waals surface area contributed by atoms with Gasteiger partial charge in [0.15, 0.2) is 0 Å². The normalized spacial score (nSPS) is 14.1. The van der Waals surface area contributed by atoms with Gasteiger partial charge in [0.25, 0.3) is 0 Å². The van der Waals surface area contributed by atoms with Crippen LogP contribution in [-0.4, -0.2) is 46.5 Å². The number of para-hydroxylation sites is 3. The SMILES string of the molecule is O=C(Cn1c(Cc2c(Cl)cccc2Cl)nc2ccccc21)N1CCN(c2ccccc2F)CC1. The first kappa shape index (κ1) is 22.7. The lowest BCUT2D eigenvalue weighted by molar-refractivity contribution is -0.132. The Kier molecular flexibility index (Phi) is 6.44. The number of anilines is 1. The number of amides is 1. The smallest absolute Gasteiger partial charge is 0.242 e. The summed E-state index contributed by atoms with van der Waals surface area (Å²) < 4.78 is 16.1. The number of rotatable bonds is 5. The number of hydrogen-bond donors (Lipinski definition) is 0. The Morgan fingerprint density at radius 2 is 1.56 bits per heavy atom. The van der Waals surface area contributed by atoms with Crippen LogP contribution in [0.3, 0.4) is 0 Å². The fourth-order valence-electron chi connectivity index (χ4n) is 4.44. The molecule has 5 rings (SSSR count). The Morgan fingerprint density at radius 1 is 0.882 bits per heavy atom. The molecule has 1 aromatic heterocycles. The van der Waals surface area contributed by atoms with Crippen molar-refractivity contribution in [2.45, 2.75) is 13.0 Å². The summed E-state index contributed by atoms with van der Waals surface area (Å²) in [6, 6.07) is 19.9. The van der Waals surface area contributed by atoms with E-state index in [0.29, 0.717) is 48.3 Å². The third kappa shape index (κ3) is 4.48. The predicted molar refractivity (Wildman–Crippen MR) is 134 cm³/mol. The molecule has 4 aromatic rings. The summed E-state index contributed by atoms with van der Waals surface area (Å²) in [5, 5.41) is 1.14. The number of halogens is 3. The first-order valence-corrected chi connectivity index (χ1v) is 11.9. The van der Waals surface area contributed by atoms with Crippen molar-refractivity contribution >= 4 is 45.8 Å². The van der Waals surface area contributed by atoms with E-state index in [9.17, 15) is 9.18 Å². The molecule has 5 nitrogen and oxygen atoms in total. The minimum Gasteiger partial charge on any atom is -0.366 e. The standard InChI is InChI=1S/C26H23Cl2FN4O/c27-19-6-5-7-20(28)18(19)16-25-30-22-9-2-4-11-24(22)33(25)17-26(34)32-14-12-31(13-15-32)23-10-3-1-8-21(23)29/h1-11H,12-17H2. The van der Waals surface area contributed by atoms with Gasteiger partial charge in [-0.25, -0.2) is 9.37 Å². The molecule has 1 fully saturated rings. The maximum absolute atomic E-state index is 14.2. The number of fused-ring (bicyclic) bond motifs is 1. The summed E-state index contributed by atoms with van der Waals surface area (Å²) in [6.45, 7) is 2.40. The Labute approximate surface area is 207 Å². The number of aromatic nitrogens is 2. The van der Waals surface area contributed by atoms with Crippen LogP contribution in [0, 0.1) is 5.82 Å². The van der Waals surface area contributed by atoms with Crippen molar-refractivity contribution in [2.24, 2.45) is 0 Å². The molecule has 1 amide bonds. The molecule has 0 atom stereocenters. The molecule has 1 aliphatic heterocycles. The maximum atomic E-state index is 14.2. The van der Waals surface area contributed by atoms with Crippen molar-refractivity contribution in [1.29, 1.82) is 0 Å². The molecule has 174 valence electrons. The molecule has 0 unspecified atom stereocenters. The van der Waals surface area contributed by atoms with Crippen molar-refractivity contribution in [3.63, 3.8) is 0 Å². The molecule has 0 aliphatic carbocycles. The van der Waals surface area contributed by atoms with Gasteiger partial charge in [0.2, 0.25) is 5.91 Å². The van der Waals surface area contributed by atoms with E-state index in [0.717, 1.165) is 22.4 Å². The van der Waals surface area contributed by atoms with Crippen molar-refractivity contribution in [3.8, 4) is 0 Å². The molecule has 8 heteroatoms. The van der Waals surface area contributed by atoms with E-state index in [-0.39, 0.29) is 18.3 Å². The number of benzene rings is 3. The largest absolute Gasteiger partial charge is 0.366 e. The lowest BCUT2D eigenvalue weighted by atomic mass is 10.1. The number of carbonyl (C=O) groups is 1. The fraction of sp³-hybridized carbons (Fsp3) is 0.231. The Bertz CT molecular complexity index is 1330. The average Bonchev–Trinajstić information content (AvgIpc) is 3.19. The summed E-state index contributed by atoms with van der Waals surface area (Å²) >= 11 is 12.8. The van der Waals surface area contributed by atoms with Gasteiger partial charge in [-0.2, -0.15) is 0 Å². The van der Waals surface area contributed by atoms with Crippen LogP contribution in [0.15, 0.2) is 66.7 Å². The van der Waals surface area contributed by atoms with E-state index in [1.807, 2.05) is 50.8 Å². The summed E-state index contributed by atoms with van der Waals surface area (Å²) in [6.07, 6.45) is 0.418. The number of carbonyl (C=O) groups excluding carboxylic acids is 1. The van der Waals surface area contributed by atoms with Gasteiger partial charge in [0.05, 0.1) is 16.7 Å². The van der Waals surface area contributed by atoms with E-state index in [1.54, 1.807) is 24.3 Å². The van der Waals surface area contributed by atoms with Gasteiger partial charge in [-0.1, -0.05) is 53.5 Å². The Balaban J connectivity index is 1.36. The number of hydrogen-bond acceptors (Lipinski definition) is 3. The van der Waals surface area contributed by atoms with E-state index >= 15 is 0 Å². The summed E-state index contributed by atoms with van der Waals surface area (Å²) in [5.74, 6) is 0.493. The van der Waals surface area contributed by atoms with Crippen LogP contribution in [0.1, 0.15) is 11.4 Å². The van der Waals surface area contributed by atoms with Crippen LogP contribution < -0.4 is 4.90 Å². The highest BCUT2D eigenvalue weighted by molar-refractivity contribution is 6.36. The third-order valence-electron chi connectivity index (χ3n) is 6.25. The van der Waals surface area contributed by atoms with E-state index in [4.69, 9.17) is 28.2 Å². The van der Waals surface area contributed by atoms with Gasteiger partial charge in [-0.3, -0.25) is 4.79 Å². The van der Waals surface area contributed by atoms with Gasteiger partial charge in [0.1, 0.15) is 18.2 Å². The lowest BCUT2D eigenvalue weighted by Crippen LogP contribution is -2.49. The van der Waals surface area contributed by atoms with Gasteiger partial charge >= 0.3 is 0 Å². The predicted octanol–water partition coefficient (Wildman–Crippen LogP) is 5.42. The van der Waals surface area contributed by atoms with Crippen LogP contribution in [-0.2, 0) is 17.8 Å². The Hall–Kier alpha value is -3.09. The monoisotopic (exact) mass is 496 g/mol. The van der Waals surface area contributed by atoms with Gasteiger partial charge in [0, 0.05) is 42.6 Å². The van der Waals surface area contributed by atoms with E-state index in [2.05, 4.69) is 0 Å². The van der Waals surface area contributed by atoms with Crippen molar-refractivity contribution in [2.75, 3.05) is 31.1 Å². The number of nitrogens with zero attached hydrogens (tertiary/aromatic N) is 4. The van der Waals surface area contributed by atoms with Gasteiger partial charge < -0.3 is 14.4 Å². The van der Waals surface area contributed by atoms with Crippen LogP contribution in [0.25, 0.3) is 11.0 Å². The highest BCUT2D eigenvalue weighted by atomic mass is 35.5. The Morgan fingerprint density at radius 3 is 2.29 bits per heavy atom. The maximum Gasteiger partial charge on any atom is 0.242 e. The molecular formula is C26H23Cl2FN4O. The summed E-state index contributed by atoms with van der Waals surface area (Å²) in [4.78, 5) is 21.9. The number of imidazole rings is 1. The second-order valence-corrected chi connectivity index (χ2v) is 9.11. The quantitative estimate of drug-likeness (QED) is 0.370. The molecule has 34 heavy (non-hydrogen) atoms. The summed E-state index contributed by atoms with van der Waals surface area (Å²) in [5.41, 5.74) is 3.07. The van der Waals surface area contributed by atoms with Crippen LogP contribution in [0.2, 0.25) is 10.0 Å². The molecule has 1 aliphatic rings. The molecule has 2 heterocycles. The summed E-state index contributed by atoms with van der Waals surface area (Å²) in [7, 11) is 0. The van der Waals surface area contributed by atoms with Crippen molar-refractivity contribution in [1.82, 2.24) is 14.5 Å². The zero-order valence-corrected chi connectivity index (χ0v) is 19.9. The van der Waals surface area contributed by atoms with Crippen molar-refractivity contribution in [3.05, 3.63) is 94.0 Å². The molecular weight excluding hydrogens is 474 g/mol. The second-order valence-electron chi connectivity index (χ2n) is 8.30. The minimum atomic E-state index is -0.241. The van der Waals surface area contributed by atoms with Gasteiger partial charge in [-0.15, -0.1) is 0 Å². The molecule has 0 saturated carbocycles. The first-order valence-electron chi connectivity index (χ1n) is 11.2. The van der Waals surface area contributed by atoms with Crippen LogP contribution in [0.4, 0.5) is 10.1 Å². The molecule has 0 spiro atoms. The molecule has 0 radical (unpaired) electrons. The van der Waals surface area contributed by atoms with Crippen molar-refractivity contribution < 1.29 is 9.18 Å². The van der Waals surface area contributed by atoms with Crippen LogP contribution >= 0.6 is 23.2 Å². The highest BCUT2D eigenvalue weighted by Crippen LogP contribution is 2.28. The first-order chi connectivity index (χ1) is 16.5. The molecule has 0 N–H and O–H groups in total. The fourth-order valence-corrected chi connectivity index (χ4v) is 4.97. The minimum absolute atomic E-state index is 0.00263. The molecule has 1 saturated heterocycles. The highest BCUT2D eigenvalue weighted by Gasteiger charge is 2.24. The molecule has 0 bridgehead atoms.